The number of aromatic amines is 1. The predicted molar refractivity (Wildman–Crippen MR) is 112 cm³/mol. The maximum Gasteiger partial charge on any atom is 0.257 e. The van der Waals surface area contributed by atoms with Gasteiger partial charge in [-0.15, -0.1) is 0 Å². The number of carbonyl (C=O) groups is 1. The molecule has 1 aliphatic carbocycles. The molecular weight excluding hydrogens is 381 g/mol. The number of benzene rings is 2. The third-order valence-electron chi connectivity index (χ3n) is 5.35. The van der Waals surface area contributed by atoms with Crippen LogP contribution in [0.25, 0.3) is 10.9 Å². The van der Waals surface area contributed by atoms with E-state index in [9.17, 15) is 4.79 Å². The highest BCUT2D eigenvalue weighted by atomic mass is 35.5. The van der Waals surface area contributed by atoms with E-state index in [0.29, 0.717) is 16.6 Å². The largest absolute Gasteiger partial charge is 0.358 e. The summed E-state index contributed by atoms with van der Waals surface area (Å²) in [6.07, 6.45) is 3.22. The molecule has 2 N–H and O–H groups in total. The molecule has 0 saturated heterocycles. The molecule has 0 spiro atoms. The Kier molecular flexibility index (Phi) is 4.89. The van der Waals surface area contributed by atoms with Gasteiger partial charge in [-0.05, 0) is 69.3 Å². The number of amides is 1. The molecule has 1 heterocycles. The molecule has 2 aromatic carbocycles. The van der Waals surface area contributed by atoms with Crippen LogP contribution in [0.2, 0.25) is 10.0 Å². The third-order valence-corrected chi connectivity index (χ3v) is 6.17. The molecule has 4 nitrogen and oxygen atoms in total. The molecule has 1 amide bonds. The molecule has 1 unspecified atom stereocenters. The fraction of sp³-hybridized carbons (Fsp3) is 0.286. The Labute approximate surface area is 168 Å². The summed E-state index contributed by atoms with van der Waals surface area (Å²) in [7, 11) is 4.26. The Morgan fingerprint density at radius 3 is 2.81 bits per heavy atom. The zero-order chi connectivity index (χ0) is 19.1. The van der Waals surface area contributed by atoms with Gasteiger partial charge in [-0.1, -0.05) is 29.3 Å². The smallest absolute Gasteiger partial charge is 0.257 e. The van der Waals surface area contributed by atoms with E-state index in [4.69, 9.17) is 23.2 Å². The first-order chi connectivity index (χ1) is 12.9. The van der Waals surface area contributed by atoms with Crippen LogP contribution < -0.4 is 5.32 Å². The number of anilines is 1. The van der Waals surface area contributed by atoms with E-state index >= 15 is 0 Å². The monoisotopic (exact) mass is 401 g/mol. The fourth-order valence-electron chi connectivity index (χ4n) is 3.79. The number of hydrogen-bond donors (Lipinski definition) is 2. The van der Waals surface area contributed by atoms with Gasteiger partial charge < -0.3 is 15.2 Å². The molecule has 6 heteroatoms. The second-order valence-corrected chi connectivity index (χ2v) is 8.04. The van der Waals surface area contributed by atoms with E-state index in [-0.39, 0.29) is 10.9 Å². The van der Waals surface area contributed by atoms with Crippen molar-refractivity contribution < 1.29 is 4.79 Å². The Bertz CT molecular complexity index is 1030. The molecule has 1 aliphatic rings. The quantitative estimate of drug-likeness (QED) is 0.637. The number of likely N-dealkylation sites (N-methyl/N-ethyl adjacent to an activating group) is 1. The highest BCUT2D eigenvalue weighted by Gasteiger charge is 2.24. The Morgan fingerprint density at radius 2 is 2.04 bits per heavy atom. The van der Waals surface area contributed by atoms with Crippen molar-refractivity contribution in [1.82, 2.24) is 9.88 Å². The summed E-state index contributed by atoms with van der Waals surface area (Å²) in [5, 5.41) is 4.75. The minimum atomic E-state index is -0.266. The number of halogens is 2. The van der Waals surface area contributed by atoms with Gasteiger partial charge in [-0.2, -0.15) is 0 Å². The molecule has 1 aromatic heterocycles. The van der Waals surface area contributed by atoms with Crippen molar-refractivity contribution in [2.45, 2.75) is 25.3 Å². The normalized spacial score (nSPS) is 16.6. The minimum absolute atomic E-state index is 0.266. The van der Waals surface area contributed by atoms with Crippen LogP contribution in [0.1, 0.15) is 28.0 Å². The number of H-pyrrole nitrogens is 1. The summed E-state index contributed by atoms with van der Waals surface area (Å²) in [6, 6.07) is 11.6. The van der Waals surface area contributed by atoms with Crippen molar-refractivity contribution in [2.24, 2.45) is 0 Å². The van der Waals surface area contributed by atoms with Crippen LogP contribution in [0.15, 0.2) is 36.4 Å². The molecule has 4 rings (SSSR count). The molecule has 140 valence electrons. The molecule has 0 aliphatic heterocycles. The van der Waals surface area contributed by atoms with Crippen molar-refractivity contribution in [3.63, 3.8) is 0 Å². The Hall–Kier alpha value is -2.01. The standard InChI is InChI=1S/C21H21Cl2N3O/c1-26(2)13-7-9-19-16(11-13)15-10-12(6-8-18(15)25-19)24-21(27)14-4-3-5-17(22)20(14)23/h3-6,8,10,13,25H,7,9,11H2,1-2H3,(H,24,27). The molecule has 0 saturated carbocycles. The van der Waals surface area contributed by atoms with E-state index in [1.165, 1.54) is 16.6 Å². The van der Waals surface area contributed by atoms with Gasteiger partial charge >= 0.3 is 0 Å². The van der Waals surface area contributed by atoms with Gasteiger partial charge in [0.1, 0.15) is 0 Å². The van der Waals surface area contributed by atoms with Crippen LogP contribution in [0.4, 0.5) is 5.69 Å². The van der Waals surface area contributed by atoms with Gasteiger partial charge in [-0.25, -0.2) is 0 Å². The predicted octanol–water partition coefficient (Wildman–Crippen LogP) is 5.15. The van der Waals surface area contributed by atoms with Gasteiger partial charge in [0.15, 0.2) is 0 Å². The average molecular weight is 402 g/mol. The van der Waals surface area contributed by atoms with Crippen LogP contribution in [0.5, 0.6) is 0 Å². The summed E-state index contributed by atoms with van der Waals surface area (Å²) in [6.45, 7) is 0. The minimum Gasteiger partial charge on any atom is -0.358 e. The molecular formula is C21H21Cl2N3O. The number of carbonyl (C=O) groups excluding carboxylic acids is 1. The number of nitrogens with one attached hydrogen (secondary N) is 2. The topological polar surface area (TPSA) is 48.1 Å². The van der Waals surface area contributed by atoms with Crippen LogP contribution >= 0.6 is 23.2 Å². The first-order valence-electron chi connectivity index (χ1n) is 8.99. The molecule has 0 radical (unpaired) electrons. The maximum absolute atomic E-state index is 12.6. The van der Waals surface area contributed by atoms with E-state index in [2.05, 4.69) is 29.3 Å². The number of hydrogen-bond acceptors (Lipinski definition) is 2. The molecule has 0 fully saturated rings. The van der Waals surface area contributed by atoms with Crippen LogP contribution in [-0.4, -0.2) is 35.9 Å². The van der Waals surface area contributed by atoms with Crippen LogP contribution in [0.3, 0.4) is 0 Å². The lowest BCUT2D eigenvalue weighted by atomic mass is 9.91. The summed E-state index contributed by atoms with van der Waals surface area (Å²) in [5.74, 6) is -0.266. The molecule has 27 heavy (non-hydrogen) atoms. The zero-order valence-electron chi connectivity index (χ0n) is 15.3. The van der Waals surface area contributed by atoms with Crippen molar-refractivity contribution in [3.8, 4) is 0 Å². The zero-order valence-corrected chi connectivity index (χ0v) is 16.8. The van der Waals surface area contributed by atoms with Crippen molar-refractivity contribution in [1.29, 1.82) is 0 Å². The van der Waals surface area contributed by atoms with Crippen molar-refractivity contribution in [3.05, 3.63) is 63.3 Å². The third kappa shape index (κ3) is 3.45. The molecule has 1 atom stereocenters. The van der Waals surface area contributed by atoms with Gasteiger partial charge in [0.2, 0.25) is 0 Å². The van der Waals surface area contributed by atoms with Crippen molar-refractivity contribution >= 4 is 45.7 Å². The highest BCUT2D eigenvalue weighted by Crippen LogP contribution is 2.32. The molecule has 0 bridgehead atoms. The SMILES string of the molecule is CN(C)C1CCc2[nH]c3ccc(NC(=O)c4cccc(Cl)c4Cl)cc3c2C1. The highest BCUT2D eigenvalue weighted by molar-refractivity contribution is 6.44. The van der Waals surface area contributed by atoms with Crippen LogP contribution in [-0.2, 0) is 12.8 Å². The molecule has 3 aromatic rings. The summed E-state index contributed by atoms with van der Waals surface area (Å²) in [5.41, 5.74) is 4.89. The number of aryl methyl sites for hydroxylation is 1. The second kappa shape index (κ2) is 7.19. The lowest BCUT2D eigenvalue weighted by Gasteiger charge is -2.28. The summed E-state index contributed by atoms with van der Waals surface area (Å²) < 4.78 is 0. The Morgan fingerprint density at radius 1 is 1.22 bits per heavy atom. The van der Waals surface area contributed by atoms with Crippen LogP contribution in [0, 0.1) is 0 Å². The number of nitrogens with zero attached hydrogens (tertiary/aromatic N) is 1. The lowest BCUT2D eigenvalue weighted by molar-refractivity contribution is 0.102. The van der Waals surface area contributed by atoms with Crippen molar-refractivity contribution in [2.75, 3.05) is 19.4 Å². The fourth-order valence-corrected chi connectivity index (χ4v) is 4.18. The number of aromatic nitrogens is 1. The number of fused-ring (bicyclic) bond motifs is 3. The van der Waals surface area contributed by atoms with Gasteiger partial charge in [-0.3, -0.25) is 4.79 Å². The first kappa shape index (κ1) is 18.4. The number of rotatable bonds is 3. The van der Waals surface area contributed by atoms with Gasteiger partial charge in [0.05, 0.1) is 15.6 Å². The summed E-state index contributed by atoms with van der Waals surface area (Å²) in [4.78, 5) is 18.4. The Balaban J connectivity index is 1.65. The first-order valence-corrected chi connectivity index (χ1v) is 9.75. The van der Waals surface area contributed by atoms with E-state index in [0.717, 1.165) is 30.5 Å². The maximum atomic E-state index is 12.6. The van der Waals surface area contributed by atoms with E-state index in [1.54, 1.807) is 18.2 Å². The second-order valence-electron chi connectivity index (χ2n) is 7.26. The van der Waals surface area contributed by atoms with E-state index in [1.807, 2.05) is 18.2 Å². The van der Waals surface area contributed by atoms with Gasteiger partial charge in [0.25, 0.3) is 5.91 Å². The van der Waals surface area contributed by atoms with Gasteiger partial charge in [0, 0.05) is 28.3 Å². The lowest BCUT2D eigenvalue weighted by Crippen LogP contribution is -2.33. The summed E-state index contributed by atoms with van der Waals surface area (Å²) >= 11 is 12.2. The average Bonchev–Trinajstić information content (AvgIpc) is 3.01. The van der Waals surface area contributed by atoms with E-state index < -0.39 is 0 Å².